The summed E-state index contributed by atoms with van der Waals surface area (Å²) in [5.74, 6) is -1.69. The second-order valence-corrected chi connectivity index (χ2v) is 8.42. The van der Waals surface area contributed by atoms with Gasteiger partial charge in [0, 0.05) is 42.3 Å². The Hall–Kier alpha value is -4.35. The number of amides is 2. The highest BCUT2D eigenvalue weighted by molar-refractivity contribution is 5.98. The maximum absolute atomic E-state index is 12.4. The number of alkyl halides is 3. The van der Waals surface area contributed by atoms with Crippen molar-refractivity contribution in [2.24, 2.45) is 0 Å². The Morgan fingerprint density at radius 1 is 1.03 bits per heavy atom. The van der Waals surface area contributed by atoms with E-state index in [9.17, 15) is 22.8 Å². The van der Waals surface area contributed by atoms with Gasteiger partial charge in [0.25, 0.3) is 11.8 Å². The number of aromatic nitrogens is 1. The highest BCUT2D eigenvalue weighted by Gasteiger charge is 2.38. The number of anilines is 1. The molecule has 0 bridgehead atoms. The summed E-state index contributed by atoms with van der Waals surface area (Å²) < 4.78 is 37.5. The van der Waals surface area contributed by atoms with Crippen LogP contribution < -0.4 is 15.8 Å². The van der Waals surface area contributed by atoms with Crippen LogP contribution in [0.4, 0.5) is 19.0 Å². The molecule has 3 aromatic rings. The first-order chi connectivity index (χ1) is 18.1. The van der Waals surface area contributed by atoms with Crippen molar-refractivity contribution in [3.05, 3.63) is 65.9 Å². The average Bonchev–Trinajstić information content (AvgIpc) is 3.43. The van der Waals surface area contributed by atoms with Gasteiger partial charge in [0.1, 0.15) is 11.6 Å². The molecule has 0 saturated carbocycles. The van der Waals surface area contributed by atoms with Crippen molar-refractivity contribution in [1.82, 2.24) is 15.2 Å². The fraction of sp³-hybridized carbons (Fsp3) is 0.308. The van der Waals surface area contributed by atoms with Crippen LogP contribution in [0.25, 0.3) is 10.8 Å². The summed E-state index contributed by atoms with van der Waals surface area (Å²) in [4.78, 5) is 39.6. The number of nitrogens with zero attached hydrogens (tertiary/aromatic N) is 2. The molecule has 1 saturated heterocycles. The topological polar surface area (TPSA) is 135 Å². The minimum atomic E-state index is -5.08. The molecule has 202 valence electrons. The van der Waals surface area contributed by atoms with Gasteiger partial charge in [-0.05, 0) is 67.1 Å². The van der Waals surface area contributed by atoms with E-state index in [4.69, 9.17) is 20.4 Å². The first kappa shape index (κ1) is 28.2. The second-order valence-electron chi connectivity index (χ2n) is 8.42. The monoisotopic (exact) mass is 532 g/mol. The van der Waals surface area contributed by atoms with Crippen molar-refractivity contribution in [2.75, 3.05) is 32.0 Å². The van der Waals surface area contributed by atoms with E-state index in [2.05, 4.69) is 10.3 Å². The van der Waals surface area contributed by atoms with Crippen LogP contribution in [-0.4, -0.2) is 65.2 Å². The third kappa shape index (κ3) is 7.82. The van der Waals surface area contributed by atoms with Crippen LogP contribution in [0.15, 0.2) is 54.7 Å². The number of nitrogen functional groups attached to an aromatic ring is 1. The quantitative estimate of drug-likeness (QED) is 0.393. The van der Waals surface area contributed by atoms with Crippen molar-refractivity contribution in [3.8, 4) is 5.75 Å². The van der Waals surface area contributed by atoms with Crippen LogP contribution in [0.2, 0.25) is 0 Å². The molecule has 2 amide bonds. The lowest BCUT2D eigenvalue weighted by Crippen LogP contribution is -2.28. The number of carbonyl (C=O) groups excluding carboxylic acids is 2. The molecule has 0 atom stereocenters. The van der Waals surface area contributed by atoms with Crippen molar-refractivity contribution in [1.29, 1.82) is 0 Å². The molecule has 1 aromatic heterocycles. The number of carboxylic acids is 1. The lowest BCUT2D eigenvalue weighted by molar-refractivity contribution is -0.192. The number of aliphatic carboxylic acids is 1. The number of pyridine rings is 1. The van der Waals surface area contributed by atoms with Gasteiger partial charge in [-0.3, -0.25) is 9.59 Å². The lowest BCUT2D eigenvalue weighted by atomic mass is 10.1. The number of hydrogen-bond donors (Lipinski definition) is 3. The zero-order valence-electron chi connectivity index (χ0n) is 20.3. The molecule has 2 aromatic carbocycles. The molecule has 0 radical (unpaired) electrons. The summed E-state index contributed by atoms with van der Waals surface area (Å²) in [6, 6.07) is 14.5. The molecular weight excluding hydrogens is 505 g/mol. The van der Waals surface area contributed by atoms with Gasteiger partial charge in [0.15, 0.2) is 0 Å². The number of nitrogens with two attached hydrogens (primary N) is 1. The van der Waals surface area contributed by atoms with Crippen molar-refractivity contribution >= 4 is 34.4 Å². The van der Waals surface area contributed by atoms with Gasteiger partial charge in [-0.25, -0.2) is 9.78 Å². The van der Waals surface area contributed by atoms with Crippen molar-refractivity contribution < 1.29 is 37.4 Å². The van der Waals surface area contributed by atoms with Gasteiger partial charge < -0.3 is 25.8 Å². The molecule has 2 heterocycles. The van der Waals surface area contributed by atoms with Crippen LogP contribution in [0, 0.1) is 0 Å². The Balaban J connectivity index is 0.000000505. The number of halogens is 3. The molecule has 4 rings (SSSR count). The van der Waals surface area contributed by atoms with E-state index in [0.29, 0.717) is 36.5 Å². The molecule has 1 aliphatic heterocycles. The van der Waals surface area contributed by atoms with Crippen LogP contribution in [0.3, 0.4) is 0 Å². The van der Waals surface area contributed by atoms with Gasteiger partial charge in [-0.2, -0.15) is 13.2 Å². The molecule has 0 unspecified atom stereocenters. The van der Waals surface area contributed by atoms with E-state index in [-0.39, 0.29) is 11.8 Å². The van der Waals surface area contributed by atoms with Gasteiger partial charge in [0.05, 0.1) is 6.61 Å². The Morgan fingerprint density at radius 2 is 1.66 bits per heavy atom. The Bertz CT molecular complexity index is 1280. The van der Waals surface area contributed by atoms with Gasteiger partial charge in [-0.1, -0.05) is 6.07 Å². The highest BCUT2D eigenvalue weighted by atomic mass is 19.4. The molecule has 38 heavy (non-hydrogen) atoms. The standard InChI is InChI=1S/C24H26N4O3.C2HF3O2/c25-22-21-16-20(9-8-17(21)10-12-26-22)31-15-3-11-27-23(29)18-4-6-19(7-5-18)24(30)28-13-1-2-14-28;3-2(4,5)1(6)7/h4-10,12,16H,1-3,11,13-15H2,(H2,25,26)(H,27,29);(H,6,7). The second kappa shape index (κ2) is 12.7. The molecule has 12 heteroatoms. The summed E-state index contributed by atoms with van der Waals surface area (Å²) in [5, 5.41) is 11.9. The molecule has 4 N–H and O–H groups in total. The summed E-state index contributed by atoms with van der Waals surface area (Å²) in [6.45, 7) is 2.58. The van der Waals surface area contributed by atoms with E-state index in [0.717, 1.165) is 42.5 Å². The largest absolute Gasteiger partial charge is 0.494 e. The smallest absolute Gasteiger partial charge is 0.490 e. The summed E-state index contributed by atoms with van der Waals surface area (Å²) in [7, 11) is 0. The SMILES string of the molecule is Nc1nccc2ccc(OCCCNC(=O)c3ccc(C(=O)N4CCCC4)cc3)cc12.O=C(O)C(F)(F)F. The number of nitrogens with one attached hydrogen (secondary N) is 1. The molecule has 1 aliphatic rings. The normalized spacial score (nSPS) is 13.0. The highest BCUT2D eigenvalue weighted by Crippen LogP contribution is 2.24. The van der Waals surface area contributed by atoms with E-state index < -0.39 is 12.1 Å². The Kier molecular flexibility index (Phi) is 9.47. The summed E-state index contributed by atoms with van der Waals surface area (Å²) in [6.07, 6.45) is -0.623. The van der Waals surface area contributed by atoms with Crippen LogP contribution >= 0.6 is 0 Å². The number of ether oxygens (including phenoxy) is 1. The number of fused-ring (bicyclic) bond motifs is 1. The fourth-order valence-corrected chi connectivity index (χ4v) is 3.69. The number of benzene rings is 2. The molecule has 0 aliphatic carbocycles. The third-order valence-corrected chi connectivity index (χ3v) is 5.67. The van der Waals surface area contributed by atoms with Gasteiger partial charge in [-0.15, -0.1) is 0 Å². The van der Waals surface area contributed by atoms with Gasteiger partial charge in [0.2, 0.25) is 0 Å². The molecule has 1 fully saturated rings. The van der Waals surface area contributed by atoms with Crippen molar-refractivity contribution in [3.63, 3.8) is 0 Å². The fourth-order valence-electron chi connectivity index (χ4n) is 3.69. The average molecular weight is 533 g/mol. The van der Waals surface area contributed by atoms with Crippen molar-refractivity contribution in [2.45, 2.75) is 25.4 Å². The zero-order valence-corrected chi connectivity index (χ0v) is 20.3. The van der Waals surface area contributed by atoms with E-state index >= 15 is 0 Å². The van der Waals surface area contributed by atoms with Gasteiger partial charge >= 0.3 is 12.1 Å². The Morgan fingerprint density at radius 3 is 2.29 bits per heavy atom. The summed E-state index contributed by atoms with van der Waals surface area (Å²) >= 11 is 0. The molecule has 9 nitrogen and oxygen atoms in total. The number of likely N-dealkylation sites (tertiary alicyclic amines) is 1. The van der Waals surface area contributed by atoms with Crippen LogP contribution in [0.5, 0.6) is 5.75 Å². The van der Waals surface area contributed by atoms with Crippen LogP contribution in [-0.2, 0) is 4.79 Å². The maximum atomic E-state index is 12.4. The van der Waals surface area contributed by atoms with E-state index in [1.165, 1.54) is 0 Å². The minimum Gasteiger partial charge on any atom is -0.494 e. The predicted octanol–water partition coefficient (Wildman–Crippen LogP) is 3.89. The lowest BCUT2D eigenvalue weighted by Gasteiger charge is -2.15. The number of carboxylic acid groups (broad SMARTS) is 1. The molecular formula is C26H27F3N4O5. The summed E-state index contributed by atoms with van der Waals surface area (Å²) in [5.41, 5.74) is 7.07. The number of hydrogen-bond acceptors (Lipinski definition) is 6. The first-order valence-corrected chi connectivity index (χ1v) is 11.8. The zero-order chi connectivity index (χ0) is 27.7. The first-order valence-electron chi connectivity index (χ1n) is 11.8. The maximum Gasteiger partial charge on any atom is 0.490 e. The number of carbonyl (C=O) groups is 3. The van der Waals surface area contributed by atoms with Crippen LogP contribution in [0.1, 0.15) is 40.0 Å². The molecule has 0 spiro atoms. The van der Waals surface area contributed by atoms with E-state index in [1.807, 2.05) is 29.2 Å². The Labute approximate surface area is 216 Å². The predicted molar refractivity (Wildman–Crippen MR) is 134 cm³/mol. The third-order valence-electron chi connectivity index (χ3n) is 5.67. The number of rotatable bonds is 7. The van der Waals surface area contributed by atoms with E-state index in [1.54, 1.807) is 30.5 Å². The minimum absolute atomic E-state index is 0.0350.